The van der Waals surface area contributed by atoms with Gasteiger partial charge in [-0.05, 0) is 42.0 Å². The number of hydrogen-bond donors (Lipinski definition) is 2. The third-order valence-corrected chi connectivity index (χ3v) is 5.30. The normalized spacial score (nSPS) is 14.5. The number of morpholine rings is 1. The molecule has 0 radical (unpaired) electrons. The number of nitrogens with one attached hydrogen (secondary N) is 2. The minimum Gasteiger partial charge on any atom is -0.379 e. The summed E-state index contributed by atoms with van der Waals surface area (Å²) in [6.45, 7) is 4.12. The molecule has 164 valence electrons. The van der Waals surface area contributed by atoms with Crippen LogP contribution in [-0.4, -0.2) is 49.6 Å². The SMILES string of the molecule is O=C(/C=C/c1cc(Br)ccc1F)NCc1cccc(NC(=O)CCN2CCOCC2)c1. The Kier molecular flexibility index (Phi) is 8.75. The quantitative estimate of drug-likeness (QED) is 0.556. The number of ether oxygens (including phenoxy) is 1. The highest BCUT2D eigenvalue weighted by atomic mass is 79.9. The lowest BCUT2D eigenvalue weighted by Gasteiger charge is -2.26. The third-order valence-electron chi connectivity index (χ3n) is 4.81. The van der Waals surface area contributed by atoms with Crippen molar-refractivity contribution >= 4 is 39.5 Å². The van der Waals surface area contributed by atoms with Gasteiger partial charge in [0.05, 0.1) is 13.2 Å². The van der Waals surface area contributed by atoms with Gasteiger partial charge < -0.3 is 15.4 Å². The smallest absolute Gasteiger partial charge is 0.244 e. The maximum Gasteiger partial charge on any atom is 0.244 e. The van der Waals surface area contributed by atoms with Gasteiger partial charge in [-0.25, -0.2) is 4.39 Å². The summed E-state index contributed by atoms with van der Waals surface area (Å²) in [6.07, 6.45) is 3.14. The van der Waals surface area contributed by atoms with Crippen LogP contribution in [0.1, 0.15) is 17.5 Å². The van der Waals surface area contributed by atoms with Gasteiger partial charge >= 0.3 is 0 Å². The lowest BCUT2D eigenvalue weighted by Crippen LogP contribution is -2.38. The Bertz CT molecular complexity index is 945. The summed E-state index contributed by atoms with van der Waals surface area (Å²) in [6, 6.07) is 11.9. The Labute approximate surface area is 189 Å². The van der Waals surface area contributed by atoms with Crippen LogP contribution in [0.2, 0.25) is 0 Å². The number of halogens is 2. The average molecular weight is 490 g/mol. The van der Waals surface area contributed by atoms with Crippen molar-refractivity contribution < 1.29 is 18.7 Å². The molecule has 0 aliphatic carbocycles. The maximum absolute atomic E-state index is 13.7. The number of hydrogen-bond acceptors (Lipinski definition) is 4. The Morgan fingerprint density at radius 1 is 1.16 bits per heavy atom. The van der Waals surface area contributed by atoms with E-state index in [9.17, 15) is 14.0 Å². The molecule has 2 aromatic rings. The van der Waals surface area contributed by atoms with E-state index in [2.05, 4.69) is 31.5 Å². The summed E-state index contributed by atoms with van der Waals surface area (Å²) in [5, 5.41) is 5.66. The highest BCUT2D eigenvalue weighted by Gasteiger charge is 2.12. The number of benzene rings is 2. The first kappa shape index (κ1) is 23.1. The second kappa shape index (κ2) is 11.7. The van der Waals surface area contributed by atoms with Crippen molar-refractivity contribution in [2.24, 2.45) is 0 Å². The number of amides is 2. The van der Waals surface area contributed by atoms with Crippen LogP contribution in [0.4, 0.5) is 10.1 Å². The van der Waals surface area contributed by atoms with Crippen LogP contribution in [0.15, 0.2) is 53.0 Å². The molecule has 8 heteroatoms. The van der Waals surface area contributed by atoms with Crippen molar-refractivity contribution in [1.82, 2.24) is 10.2 Å². The van der Waals surface area contributed by atoms with Gasteiger partial charge in [0.2, 0.25) is 11.8 Å². The van der Waals surface area contributed by atoms with Crippen molar-refractivity contribution in [3.63, 3.8) is 0 Å². The first-order valence-electron chi connectivity index (χ1n) is 10.1. The molecule has 0 bridgehead atoms. The maximum atomic E-state index is 13.7. The second-order valence-electron chi connectivity index (χ2n) is 7.17. The van der Waals surface area contributed by atoms with Gasteiger partial charge in [-0.2, -0.15) is 0 Å². The third kappa shape index (κ3) is 7.90. The molecule has 1 saturated heterocycles. The molecule has 1 aliphatic heterocycles. The fourth-order valence-corrected chi connectivity index (χ4v) is 3.50. The summed E-state index contributed by atoms with van der Waals surface area (Å²) in [5.74, 6) is -0.782. The predicted molar refractivity (Wildman–Crippen MR) is 122 cm³/mol. The van der Waals surface area contributed by atoms with E-state index in [1.165, 1.54) is 18.2 Å². The molecule has 3 rings (SSSR count). The molecular formula is C23H25BrFN3O3. The summed E-state index contributed by atoms with van der Waals surface area (Å²) in [5.41, 5.74) is 1.86. The molecule has 31 heavy (non-hydrogen) atoms. The summed E-state index contributed by atoms with van der Waals surface area (Å²) in [7, 11) is 0. The largest absolute Gasteiger partial charge is 0.379 e. The minimum absolute atomic E-state index is 0.0494. The van der Waals surface area contributed by atoms with E-state index < -0.39 is 5.82 Å². The second-order valence-corrected chi connectivity index (χ2v) is 8.09. The molecule has 1 heterocycles. The fraction of sp³-hybridized carbons (Fsp3) is 0.304. The minimum atomic E-state index is -0.399. The van der Waals surface area contributed by atoms with Gasteiger partial charge in [0.15, 0.2) is 0 Å². The van der Waals surface area contributed by atoms with Crippen LogP contribution in [-0.2, 0) is 20.9 Å². The lowest BCUT2D eigenvalue weighted by atomic mass is 10.2. The van der Waals surface area contributed by atoms with E-state index in [1.54, 1.807) is 12.1 Å². The number of anilines is 1. The summed E-state index contributed by atoms with van der Waals surface area (Å²) in [4.78, 5) is 26.5. The fourth-order valence-electron chi connectivity index (χ4n) is 3.12. The predicted octanol–water partition coefficient (Wildman–Crippen LogP) is 3.58. The van der Waals surface area contributed by atoms with Crippen LogP contribution in [0.25, 0.3) is 6.08 Å². The molecule has 6 nitrogen and oxygen atoms in total. The molecule has 1 fully saturated rings. The van der Waals surface area contributed by atoms with E-state index >= 15 is 0 Å². The van der Waals surface area contributed by atoms with Crippen molar-refractivity contribution in [1.29, 1.82) is 0 Å². The van der Waals surface area contributed by atoms with E-state index in [0.29, 0.717) is 44.0 Å². The first-order chi connectivity index (χ1) is 15.0. The van der Waals surface area contributed by atoms with Crippen molar-refractivity contribution in [2.45, 2.75) is 13.0 Å². The van der Waals surface area contributed by atoms with Crippen LogP contribution in [0.5, 0.6) is 0 Å². The molecule has 0 spiro atoms. The standard InChI is InChI=1S/C23H25BrFN3O3/c24-19-5-6-21(25)18(15-19)4-7-22(29)26-16-17-2-1-3-20(14-17)27-23(30)8-9-28-10-12-31-13-11-28/h1-7,14-15H,8-13,16H2,(H,26,29)(H,27,30)/b7-4+. The Morgan fingerprint density at radius 2 is 1.97 bits per heavy atom. The number of nitrogens with zero attached hydrogens (tertiary/aromatic N) is 1. The molecular weight excluding hydrogens is 465 g/mol. The molecule has 2 amide bonds. The van der Waals surface area contributed by atoms with Gasteiger partial charge in [0, 0.05) is 54.4 Å². The van der Waals surface area contributed by atoms with E-state index in [0.717, 1.165) is 23.1 Å². The Balaban J connectivity index is 1.46. The molecule has 1 aliphatic rings. The summed E-state index contributed by atoms with van der Waals surface area (Å²) >= 11 is 3.28. The summed E-state index contributed by atoms with van der Waals surface area (Å²) < 4.78 is 19.8. The van der Waals surface area contributed by atoms with E-state index in [-0.39, 0.29) is 11.8 Å². The van der Waals surface area contributed by atoms with Crippen LogP contribution in [0.3, 0.4) is 0 Å². The zero-order chi connectivity index (χ0) is 22.1. The van der Waals surface area contributed by atoms with E-state index in [4.69, 9.17) is 4.74 Å². The average Bonchev–Trinajstić information content (AvgIpc) is 2.78. The Morgan fingerprint density at radius 3 is 2.77 bits per heavy atom. The van der Waals surface area contributed by atoms with Gasteiger partial charge in [-0.1, -0.05) is 28.1 Å². The zero-order valence-electron chi connectivity index (χ0n) is 17.1. The van der Waals surface area contributed by atoms with Crippen molar-refractivity contribution in [2.75, 3.05) is 38.2 Å². The lowest BCUT2D eigenvalue weighted by molar-refractivity contribution is -0.117. The van der Waals surface area contributed by atoms with Gasteiger partial charge in [-0.3, -0.25) is 14.5 Å². The molecule has 2 N–H and O–H groups in total. The number of carbonyl (C=O) groups is 2. The monoisotopic (exact) mass is 489 g/mol. The molecule has 2 aromatic carbocycles. The molecule has 0 saturated carbocycles. The molecule has 0 unspecified atom stereocenters. The zero-order valence-corrected chi connectivity index (χ0v) is 18.7. The molecule has 0 atom stereocenters. The number of rotatable bonds is 8. The molecule has 0 aromatic heterocycles. The van der Waals surface area contributed by atoms with Crippen molar-refractivity contribution in [3.05, 3.63) is 70.0 Å². The van der Waals surface area contributed by atoms with Crippen LogP contribution in [0, 0.1) is 5.82 Å². The van der Waals surface area contributed by atoms with Gasteiger partial charge in [0.1, 0.15) is 5.82 Å². The highest BCUT2D eigenvalue weighted by molar-refractivity contribution is 9.10. The van der Waals surface area contributed by atoms with Gasteiger partial charge in [0.25, 0.3) is 0 Å². The van der Waals surface area contributed by atoms with E-state index in [1.807, 2.05) is 24.3 Å². The highest BCUT2D eigenvalue weighted by Crippen LogP contribution is 2.17. The topological polar surface area (TPSA) is 70.7 Å². The van der Waals surface area contributed by atoms with Gasteiger partial charge in [-0.15, -0.1) is 0 Å². The Hall–Kier alpha value is -2.55. The van der Waals surface area contributed by atoms with Crippen molar-refractivity contribution in [3.8, 4) is 0 Å². The van der Waals surface area contributed by atoms with Crippen LogP contribution >= 0.6 is 15.9 Å². The van der Waals surface area contributed by atoms with Crippen LogP contribution < -0.4 is 10.6 Å². The first-order valence-corrected chi connectivity index (χ1v) is 10.9. The number of carbonyl (C=O) groups excluding carboxylic acids is 2.